The molecule has 0 unspecified atom stereocenters. The lowest BCUT2D eigenvalue weighted by Gasteiger charge is -2.08. The summed E-state index contributed by atoms with van der Waals surface area (Å²) in [6.07, 6.45) is 1.75. The number of benzene rings is 1. The summed E-state index contributed by atoms with van der Waals surface area (Å²) >= 11 is 3.13. The molecule has 0 saturated heterocycles. The van der Waals surface area contributed by atoms with Crippen molar-refractivity contribution in [3.63, 3.8) is 0 Å². The standard InChI is InChI=1S/C20H20N4OS2/c1-3-13-6-5-7-14(10-13)21-19(25)12-27-20-16-11-17-15(8-9-26-17)24(16)18(4-2)22-23-20/h5-11H,3-4,12H2,1-2H3,(H,21,25). The molecule has 0 fully saturated rings. The monoisotopic (exact) mass is 396 g/mol. The summed E-state index contributed by atoms with van der Waals surface area (Å²) in [6.45, 7) is 4.18. The quantitative estimate of drug-likeness (QED) is 0.476. The normalized spacial score (nSPS) is 11.3. The van der Waals surface area contributed by atoms with E-state index in [2.05, 4.69) is 57.3 Å². The Morgan fingerprint density at radius 3 is 2.85 bits per heavy atom. The molecule has 0 bridgehead atoms. The van der Waals surface area contributed by atoms with Crippen molar-refractivity contribution in [3.8, 4) is 0 Å². The third kappa shape index (κ3) is 3.57. The fourth-order valence-electron chi connectivity index (χ4n) is 3.09. The number of aryl methyl sites for hydroxylation is 2. The van der Waals surface area contributed by atoms with E-state index in [1.807, 2.05) is 18.2 Å². The summed E-state index contributed by atoms with van der Waals surface area (Å²) in [7, 11) is 0. The van der Waals surface area contributed by atoms with Crippen molar-refractivity contribution in [1.29, 1.82) is 0 Å². The van der Waals surface area contributed by atoms with Gasteiger partial charge in [0.2, 0.25) is 5.91 Å². The first-order valence-corrected chi connectivity index (χ1v) is 10.8. The van der Waals surface area contributed by atoms with Crippen molar-refractivity contribution in [2.24, 2.45) is 0 Å². The van der Waals surface area contributed by atoms with E-state index in [-0.39, 0.29) is 5.91 Å². The highest BCUT2D eigenvalue weighted by Gasteiger charge is 2.15. The highest BCUT2D eigenvalue weighted by Crippen LogP contribution is 2.31. The molecule has 1 N–H and O–H groups in total. The van der Waals surface area contributed by atoms with Crippen molar-refractivity contribution in [3.05, 3.63) is 53.2 Å². The molecule has 4 aromatic rings. The molecule has 0 saturated carbocycles. The number of amides is 1. The lowest BCUT2D eigenvalue weighted by Crippen LogP contribution is -2.14. The van der Waals surface area contributed by atoms with E-state index in [0.29, 0.717) is 5.75 Å². The first-order valence-electron chi connectivity index (χ1n) is 8.95. The van der Waals surface area contributed by atoms with Crippen LogP contribution in [-0.4, -0.2) is 26.3 Å². The summed E-state index contributed by atoms with van der Waals surface area (Å²) in [5.41, 5.74) is 4.22. The van der Waals surface area contributed by atoms with Gasteiger partial charge in [0.05, 0.1) is 21.5 Å². The molecule has 7 heteroatoms. The van der Waals surface area contributed by atoms with Gasteiger partial charge in [0.1, 0.15) is 10.9 Å². The second-order valence-corrected chi connectivity index (χ2v) is 8.11. The van der Waals surface area contributed by atoms with Crippen LogP contribution in [0.3, 0.4) is 0 Å². The highest BCUT2D eigenvalue weighted by molar-refractivity contribution is 8.00. The topological polar surface area (TPSA) is 59.3 Å². The Morgan fingerprint density at radius 1 is 1.15 bits per heavy atom. The largest absolute Gasteiger partial charge is 0.325 e. The highest BCUT2D eigenvalue weighted by atomic mass is 32.2. The van der Waals surface area contributed by atoms with Crippen molar-refractivity contribution in [2.45, 2.75) is 31.7 Å². The molecule has 1 amide bonds. The molecule has 0 radical (unpaired) electrons. The average molecular weight is 397 g/mol. The maximum atomic E-state index is 12.4. The van der Waals surface area contributed by atoms with Crippen molar-refractivity contribution in [1.82, 2.24) is 14.6 Å². The molecule has 3 aromatic heterocycles. The number of carbonyl (C=O) groups is 1. The van der Waals surface area contributed by atoms with Crippen LogP contribution in [0, 0.1) is 0 Å². The maximum Gasteiger partial charge on any atom is 0.234 e. The molecule has 27 heavy (non-hydrogen) atoms. The zero-order valence-electron chi connectivity index (χ0n) is 15.2. The van der Waals surface area contributed by atoms with Gasteiger partial charge >= 0.3 is 0 Å². The van der Waals surface area contributed by atoms with Crippen LogP contribution in [0.4, 0.5) is 5.69 Å². The summed E-state index contributed by atoms with van der Waals surface area (Å²) in [4.78, 5) is 12.4. The van der Waals surface area contributed by atoms with Crippen molar-refractivity contribution >= 4 is 50.4 Å². The van der Waals surface area contributed by atoms with E-state index >= 15 is 0 Å². The number of nitrogens with zero attached hydrogens (tertiary/aromatic N) is 3. The fraction of sp³-hybridized carbons (Fsp3) is 0.250. The minimum Gasteiger partial charge on any atom is -0.325 e. The van der Waals surface area contributed by atoms with Crippen LogP contribution in [0.5, 0.6) is 0 Å². The summed E-state index contributed by atoms with van der Waals surface area (Å²) in [5, 5.41) is 14.6. The summed E-state index contributed by atoms with van der Waals surface area (Å²) in [5.74, 6) is 1.19. The van der Waals surface area contributed by atoms with E-state index in [1.165, 1.54) is 22.0 Å². The van der Waals surface area contributed by atoms with Gasteiger partial charge in [-0.3, -0.25) is 9.20 Å². The molecule has 0 atom stereocenters. The zero-order chi connectivity index (χ0) is 18.8. The molecule has 0 aliphatic rings. The summed E-state index contributed by atoms with van der Waals surface area (Å²) in [6, 6.07) is 12.2. The number of thiophene rings is 1. The van der Waals surface area contributed by atoms with Gasteiger partial charge in [-0.05, 0) is 41.6 Å². The lowest BCUT2D eigenvalue weighted by molar-refractivity contribution is -0.113. The lowest BCUT2D eigenvalue weighted by atomic mass is 10.1. The zero-order valence-corrected chi connectivity index (χ0v) is 16.9. The Bertz CT molecular complexity index is 1120. The van der Waals surface area contributed by atoms with Crippen LogP contribution in [0.25, 0.3) is 15.7 Å². The van der Waals surface area contributed by atoms with Gasteiger partial charge in [0, 0.05) is 12.1 Å². The number of anilines is 1. The third-order valence-electron chi connectivity index (χ3n) is 4.43. The van der Waals surface area contributed by atoms with Gasteiger partial charge in [-0.25, -0.2) is 0 Å². The minimum absolute atomic E-state index is 0.0406. The number of hydrogen-bond acceptors (Lipinski definition) is 5. The van der Waals surface area contributed by atoms with E-state index < -0.39 is 0 Å². The van der Waals surface area contributed by atoms with Gasteiger partial charge in [0.25, 0.3) is 0 Å². The van der Waals surface area contributed by atoms with E-state index in [9.17, 15) is 4.79 Å². The van der Waals surface area contributed by atoms with Crippen LogP contribution in [0.15, 0.2) is 46.8 Å². The molecule has 4 rings (SSSR count). The molecule has 5 nitrogen and oxygen atoms in total. The van der Waals surface area contributed by atoms with Crippen LogP contribution in [0.1, 0.15) is 25.2 Å². The Morgan fingerprint density at radius 2 is 2.04 bits per heavy atom. The molecular weight excluding hydrogens is 376 g/mol. The third-order valence-corrected chi connectivity index (χ3v) is 6.26. The molecule has 1 aromatic carbocycles. The number of carbonyl (C=O) groups excluding carboxylic acids is 1. The Hall–Kier alpha value is -2.38. The summed E-state index contributed by atoms with van der Waals surface area (Å²) < 4.78 is 3.37. The Labute approximate surface area is 165 Å². The van der Waals surface area contributed by atoms with Gasteiger partial charge in [-0.15, -0.1) is 21.5 Å². The van der Waals surface area contributed by atoms with Crippen LogP contribution >= 0.6 is 23.1 Å². The Kier molecular flexibility index (Phi) is 5.13. The number of aromatic nitrogens is 3. The molecule has 0 aliphatic heterocycles. The second kappa shape index (κ2) is 7.70. The first kappa shape index (κ1) is 18.0. The predicted octanol–water partition coefficient (Wildman–Crippen LogP) is 4.80. The molecular formula is C20H20N4OS2. The Balaban J connectivity index is 1.54. The SMILES string of the molecule is CCc1cccc(NC(=O)CSc2nnc(CC)n3c2cc2sccc23)c1. The van der Waals surface area contributed by atoms with Crippen LogP contribution in [-0.2, 0) is 17.6 Å². The van der Waals surface area contributed by atoms with E-state index in [4.69, 9.17) is 0 Å². The molecule has 138 valence electrons. The van der Waals surface area contributed by atoms with Crippen molar-refractivity contribution < 1.29 is 4.79 Å². The van der Waals surface area contributed by atoms with Gasteiger partial charge in [0.15, 0.2) is 0 Å². The maximum absolute atomic E-state index is 12.4. The molecule has 3 heterocycles. The second-order valence-electron chi connectivity index (χ2n) is 6.20. The number of hydrogen-bond donors (Lipinski definition) is 1. The fourth-order valence-corrected chi connectivity index (χ4v) is 4.63. The van der Waals surface area contributed by atoms with Crippen LogP contribution < -0.4 is 5.32 Å². The first-order chi connectivity index (χ1) is 13.2. The van der Waals surface area contributed by atoms with Gasteiger partial charge < -0.3 is 5.32 Å². The number of fused-ring (bicyclic) bond motifs is 3. The predicted molar refractivity (Wildman–Crippen MR) is 113 cm³/mol. The number of nitrogens with one attached hydrogen (secondary N) is 1. The van der Waals surface area contributed by atoms with Gasteiger partial charge in [-0.1, -0.05) is 37.7 Å². The number of thioether (sulfide) groups is 1. The molecule has 0 aliphatic carbocycles. The minimum atomic E-state index is -0.0406. The van der Waals surface area contributed by atoms with E-state index in [0.717, 1.165) is 40.4 Å². The van der Waals surface area contributed by atoms with Crippen molar-refractivity contribution in [2.75, 3.05) is 11.1 Å². The number of rotatable bonds is 6. The smallest absolute Gasteiger partial charge is 0.234 e. The average Bonchev–Trinajstić information content (AvgIpc) is 3.28. The van der Waals surface area contributed by atoms with E-state index in [1.54, 1.807) is 11.3 Å². The van der Waals surface area contributed by atoms with Crippen LogP contribution in [0.2, 0.25) is 0 Å². The van der Waals surface area contributed by atoms with Gasteiger partial charge in [-0.2, -0.15) is 0 Å². The molecule has 0 spiro atoms.